The summed E-state index contributed by atoms with van der Waals surface area (Å²) in [5.41, 5.74) is 1.28. The molecule has 27 heavy (non-hydrogen) atoms. The summed E-state index contributed by atoms with van der Waals surface area (Å²) in [6.07, 6.45) is 3.25. The highest BCUT2D eigenvalue weighted by atomic mass is 19.1. The number of benzene rings is 2. The van der Waals surface area contributed by atoms with Crippen LogP contribution in [0, 0.1) is 17.5 Å². The van der Waals surface area contributed by atoms with Gasteiger partial charge in [-0.25, -0.2) is 23.1 Å². The zero-order chi connectivity index (χ0) is 19.0. The lowest BCUT2D eigenvalue weighted by atomic mass is 10.0. The Morgan fingerprint density at radius 2 is 1.67 bits per heavy atom. The van der Waals surface area contributed by atoms with Crippen LogP contribution in [0.25, 0.3) is 33.4 Å². The van der Waals surface area contributed by atoms with Gasteiger partial charge in [0.1, 0.15) is 23.3 Å². The van der Waals surface area contributed by atoms with Crippen LogP contribution in [0.1, 0.15) is 0 Å². The van der Waals surface area contributed by atoms with Crippen molar-refractivity contribution in [3.63, 3.8) is 0 Å². The van der Waals surface area contributed by atoms with E-state index in [1.165, 1.54) is 12.1 Å². The maximum atomic E-state index is 14.7. The molecular formula is C20H13F3N4. The summed E-state index contributed by atoms with van der Waals surface area (Å²) >= 11 is 0. The van der Waals surface area contributed by atoms with Crippen LogP contribution >= 0.6 is 0 Å². The highest BCUT2D eigenvalue weighted by Crippen LogP contribution is 2.32. The quantitative estimate of drug-likeness (QED) is 0.565. The summed E-state index contributed by atoms with van der Waals surface area (Å²) in [5, 5.41) is 3.39. The van der Waals surface area contributed by atoms with Crippen LogP contribution in [0.3, 0.4) is 0 Å². The molecule has 0 radical (unpaired) electrons. The maximum absolute atomic E-state index is 14.7. The molecule has 0 atom stereocenters. The van der Waals surface area contributed by atoms with Gasteiger partial charge in [0.2, 0.25) is 0 Å². The van der Waals surface area contributed by atoms with E-state index < -0.39 is 17.5 Å². The van der Waals surface area contributed by atoms with E-state index in [-0.39, 0.29) is 11.1 Å². The van der Waals surface area contributed by atoms with E-state index in [9.17, 15) is 13.2 Å². The normalized spacial score (nSPS) is 11.0. The molecule has 0 aliphatic carbocycles. The monoisotopic (exact) mass is 366 g/mol. The number of hydrogen-bond acceptors (Lipinski definition) is 4. The molecule has 0 aliphatic heterocycles. The van der Waals surface area contributed by atoms with Crippen molar-refractivity contribution in [1.82, 2.24) is 15.0 Å². The van der Waals surface area contributed by atoms with Crippen LogP contribution in [0.4, 0.5) is 19.0 Å². The minimum atomic E-state index is -0.779. The number of anilines is 1. The molecule has 4 rings (SSSR count). The lowest BCUT2D eigenvalue weighted by Crippen LogP contribution is -2.00. The molecule has 4 aromatic rings. The van der Waals surface area contributed by atoms with Crippen LogP contribution in [0.5, 0.6) is 0 Å². The predicted octanol–water partition coefficient (Wildman–Crippen LogP) is 4.82. The second kappa shape index (κ2) is 6.68. The lowest BCUT2D eigenvalue weighted by Gasteiger charge is -2.11. The van der Waals surface area contributed by atoms with E-state index in [0.29, 0.717) is 28.1 Å². The van der Waals surface area contributed by atoms with Gasteiger partial charge in [-0.2, -0.15) is 0 Å². The second-order valence-corrected chi connectivity index (χ2v) is 5.89. The van der Waals surface area contributed by atoms with Crippen molar-refractivity contribution >= 4 is 16.7 Å². The molecule has 134 valence electrons. The SMILES string of the molecule is CNc1nc(-c2cccnc2)nc2cc(-c3cc(F)cc(F)c3)c(F)cc12. The first-order chi connectivity index (χ1) is 13.0. The molecule has 2 aromatic heterocycles. The Hall–Kier alpha value is -3.48. The number of nitrogens with one attached hydrogen (secondary N) is 1. The molecule has 0 saturated heterocycles. The molecule has 0 aliphatic rings. The molecule has 7 heteroatoms. The third kappa shape index (κ3) is 3.19. The fourth-order valence-electron chi connectivity index (χ4n) is 2.89. The highest BCUT2D eigenvalue weighted by Gasteiger charge is 2.15. The molecule has 2 aromatic carbocycles. The van der Waals surface area contributed by atoms with E-state index in [0.717, 1.165) is 18.2 Å². The number of nitrogens with zero attached hydrogens (tertiary/aromatic N) is 3. The Bertz CT molecular complexity index is 1130. The minimum Gasteiger partial charge on any atom is -0.373 e. The number of halogens is 3. The smallest absolute Gasteiger partial charge is 0.163 e. The molecule has 0 fully saturated rings. The Morgan fingerprint density at radius 1 is 0.889 bits per heavy atom. The van der Waals surface area contributed by atoms with Gasteiger partial charge in [-0.05, 0) is 42.0 Å². The largest absolute Gasteiger partial charge is 0.373 e. The van der Waals surface area contributed by atoms with Gasteiger partial charge in [0.15, 0.2) is 5.82 Å². The highest BCUT2D eigenvalue weighted by molar-refractivity contribution is 5.93. The van der Waals surface area contributed by atoms with Crippen molar-refractivity contribution in [2.45, 2.75) is 0 Å². The summed E-state index contributed by atoms with van der Waals surface area (Å²) in [5.74, 6) is -1.34. The number of hydrogen-bond donors (Lipinski definition) is 1. The maximum Gasteiger partial charge on any atom is 0.163 e. The number of pyridine rings is 1. The first-order valence-corrected chi connectivity index (χ1v) is 8.11. The summed E-state index contributed by atoms with van der Waals surface area (Å²) in [4.78, 5) is 12.9. The first-order valence-electron chi connectivity index (χ1n) is 8.11. The Kier molecular flexibility index (Phi) is 4.19. The first kappa shape index (κ1) is 17.0. The van der Waals surface area contributed by atoms with Crippen LogP contribution in [-0.2, 0) is 0 Å². The summed E-state index contributed by atoms with van der Waals surface area (Å²) < 4.78 is 41.8. The molecule has 0 unspecified atom stereocenters. The molecule has 1 N–H and O–H groups in total. The van der Waals surface area contributed by atoms with Crippen molar-refractivity contribution < 1.29 is 13.2 Å². The van der Waals surface area contributed by atoms with Crippen LogP contribution < -0.4 is 5.32 Å². The van der Waals surface area contributed by atoms with Gasteiger partial charge < -0.3 is 5.32 Å². The van der Waals surface area contributed by atoms with Crippen molar-refractivity contribution in [2.75, 3.05) is 12.4 Å². The number of rotatable bonds is 3. The van der Waals surface area contributed by atoms with Crippen molar-refractivity contribution in [3.8, 4) is 22.5 Å². The van der Waals surface area contributed by atoms with Gasteiger partial charge in [-0.15, -0.1) is 0 Å². The topological polar surface area (TPSA) is 50.7 Å². The van der Waals surface area contributed by atoms with Gasteiger partial charge in [-0.3, -0.25) is 4.98 Å². The fourth-order valence-corrected chi connectivity index (χ4v) is 2.89. The van der Waals surface area contributed by atoms with Crippen LogP contribution in [0.2, 0.25) is 0 Å². The van der Waals surface area contributed by atoms with Crippen molar-refractivity contribution in [3.05, 3.63) is 72.3 Å². The standard InChI is InChI=1S/C20H13F3N4/c1-24-20-16-8-17(23)15(12-5-13(21)7-14(22)6-12)9-18(16)26-19(27-20)11-3-2-4-25-10-11/h2-10H,1H3,(H,24,26,27). The van der Waals surface area contributed by atoms with Gasteiger partial charge in [0.25, 0.3) is 0 Å². The van der Waals surface area contributed by atoms with Gasteiger partial charge >= 0.3 is 0 Å². The Balaban J connectivity index is 1.97. The minimum absolute atomic E-state index is 0.0544. The average Bonchev–Trinajstić information content (AvgIpc) is 2.66. The lowest BCUT2D eigenvalue weighted by molar-refractivity contribution is 0.583. The van der Waals surface area contributed by atoms with Gasteiger partial charge in [-0.1, -0.05) is 0 Å². The number of fused-ring (bicyclic) bond motifs is 1. The second-order valence-electron chi connectivity index (χ2n) is 5.89. The Labute approximate surface area is 152 Å². The van der Waals surface area contributed by atoms with E-state index >= 15 is 0 Å². The van der Waals surface area contributed by atoms with Gasteiger partial charge in [0.05, 0.1) is 5.52 Å². The summed E-state index contributed by atoms with van der Waals surface area (Å²) in [6, 6.07) is 9.18. The van der Waals surface area contributed by atoms with Gasteiger partial charge in [0, 0.05) is 42.0 Å². The molecule has 0 amide bonds. The Morgan fingerprint density at radius 3 is 2.33 bits per heavy atom. The molecule has 0 spiro atoms. The zero-order valence-electron chi connectivity index (χ0n) is 14.2. The third-order valence-electron chi connectivity index (χ3n) is 4.11. The molecule has 0 bridgehead atoms. The molecule has 4 nitrogen and oxygen atoms in total. The van der Waals surface area contributed by atoms with E-state index in [1.807, 2.05) is 0 Å². The zero-order valence-corrected chi connectivity index (χ0v) is 14.2. The predicted molar refractivity (Wildman–Crippen MR) is 97.6 cm³/mol. The molecule has 0 saturated carbocycles. The van der Waals surface area contributed by atoms with Crippen molar-refractivity contribution in [2.24, 2.45) is 0 Å². The van der Waals surface area contributed by atoms with E-state index in [1.54, 1.807) is 31.6 Å². The fraction of sp³-hybridized carbons (Fsp3) is 0.0500. The van der Waals surface area contributed by atoms with E-state index in [2.05, 4.69) is 20.3 Å². The third-order valence-corrected chi connectivity index (χ3v) is 4.11. The summed E-state index contributed by atoms with van der Waals surface area (Å²) in [7, 11) is 1.67. The molecular weight excluding hydrogens is 353 g/mol. The van der Waals surface area contributed by atoms with Crippen LogP contribution in [0.15, 0.2) is 54.9 Å². The average molecular weight is 366 g/mol. The molecule has 2 heterocycles. The van der Waals surface area contributed by atoms with Crippen LogP contribution in [-0.4, -0.2) is 22.0 Å². The van der Waals surface area contributed by atoms with Crippen molar-refractivity contribution in [1.29, 1.82) is 0 Å². The van der Waals surface area contributed by atoms with E-state index in [4.69, 9.17) is 0 Å². The number of aromatic nitrogens is 3. The summed E-state index contributed by atoms with van der Waals surface area (Å²) in [6.45, 7) is 0.